The Morgan fingerprint density at radius 1 is 0.911 bits per heavy atom. The van der Waals surface area contributed by atoms with E-state index in [1.165, 1.54) is 12.1 Å². The summed E-state index contributed by atoms with van der Waals surface area (Å²) in [5, 5.41) is 41.9. The van der Waals surface area contributed by atoms with E-state index in [-0.39, 0.29) is 63.4 Å². The van der Waals surface area contributed by atoms with Gasteiger partial charge in [-0.3, -0.25) is 19.2 Å². The Kier molecular flexibility index (Phi) is 13.1. The Bertz CT molecular complexity index is 1360. The number of aliphatic hydroxyl groups is 1. The molecule has 4 amide bonds. The van der Waals surface area contributed by atoms with Gasteiger partial charge in [-0.05, 0) is 65.9 Å². The molecule has 0 saturated heterocycles. The van der Waals surface area contributed by atoms with E-state index < -0.39 is 53.9 Å². The monoisotopic (exact) mass is 628 g/mol. The molecule has 15 nitrogen and oxygen atoms in total. The molecule has 0 unspecified atom stereocenters. The highest BCUT2D eigenvalue weighted by Gasteiger charge is 2.32. The molecule has 5 atom stereocenters. The number of hydrogen-bond acceptors (Lipinski definition) is 11. The smallest absolute Gasteiger partial charge is 0.243 e. The van der Waals surface area contributed by atoms with Crippen LogP contribution in [0.3, 0.4) is 0 Å². The summed E-state index contributed by atoms with van der Waals surface area (Å²) in [5.41, 5.74) is 24.8. The van der Waals surface area contributed by atoms with Crippen LogP contribution in [0.4, 0.5) is 0 Å². The number of benzene rings is 2. The van der Waals surface area contributed by atoms with Crippen LogP contribution >= 0.6 is 0 Å². The van der Waals surface area contributed by atoms with Gasteiger partial charge in [-0.25, -0.2) is 0 Å². The number of phenolic OH excluding ortho intramolecular Hbond substituents is 2. The van der Waals surface area contributed by atoms with E-state index >= 15 is 0 Å². The summed E-state index contributed by atoms with van der Waals surface area (Å²) in [6, 6.07) is 4.59. The molecule has 2 aromatic rings. The predicted molar refractivity (Wildman–Crippen MR) is 166 cm³/mol. The highest BCUT2D eigenvalue weighted by Crippen LogP contribution is 2.31. The van der Waals surface area contributed by atoms with Crippen molar-refractivity contribution in [2.24, 2.45) is 22.9 Å². The number of carbonyl (C=O) groups excluding carboxylic acids is 4. The first-order valence-electron chi connectivity index (χ1n) is 14.8. The Morgan fingerprint density at radius 3 is 2.11 bits per heavy atom. The number of nitrogens with two attached hydrogens (primary N) is 4. The van der Waals surface area contributed by atoms with Crippen molar-refractivity contribution in [2.75, 3.05) is 26.2 Å². The lowest BCUT2D eigenvalue weighted by molar-refractivity contribution is -0.134. The number of phenols is 2. The summed E-state index contributed by atoms with van der Waals surface area (Å²) < 4.78 is 0. The lowest BCUT2D eigenvalue weighted by atomic mass is 9.95. The van der Waals surface area contributed by atoms with Gasteiger partial charge in [0.1, 0.15) is 29.6 Å². The lowest BCUT2D eigenvalue weighted by Gasteiger charge is -2.27. The highest BCUT2D eigenvalue weighted by atomic mass is 16.3. The molecule has 15 N–H and O–H groups in total. The number of rotatable bonds is 11. The van der Waals surface area contributed by atoms with E-state index in [2.05, 4.69) is 21.3 Å². The van der Waals surface area contributed by atoms with Crippen molar-refractivity contribution in [3.05, 3.63) is 47.5 Å². The van der Waals surface area contributed by atoms with E-state index in [0.29, 0.717) is 28.7 Å². The number of amides is 4. The summed E-state index contributed by atoms with van der Waals surface area (Å²) in [6.45, 7) is 0.424. The largest absolute Gasteiger partial charge is 0.508 e. The topological polar surface area (TPSA) is 281 Å². The van der Waals surface area contributed by atoms with Crippen LogP contribution in [0.15, 0.2) is 36.4 Å². The van der Waals surface area contributed by atoms with Crippen LogP contribution in [0.1, 0.15) is 30.4 Å². The minimum absolute atomic E-state index is 0.0777. The molecule has 3 rings (SSSR count). The van der Waals surface area contributed by atoms with E-state index in [0.717, 1.165) is 0 Å². The van der Waals surface area contributed by atoms with Gasteiger partial charge in [-0.1, -0.05) is 12.1 Å². The first kappa shape index (κ1) is 35.2. The Morgan fingerprint density at radius 2 is 1.53 bits per heavy atom. The third-order valence-electron chi connectivity index (χ3n) is 7.51. The summed E-state index contributed by atoms with van der Waals surface area (Å²) in [6.07, 6.45) is -1.14. The second-order valence-electron chi connectivity index (χ2n) is 11.0. The average Bonchev–Trinajstić information content (AvgIpc) is 3.02. The molecule has 0 aliphatic carbocycles. The highest BCUT2D eigenvalue weighted by molar-refractivity contribution is 5.95. The number of fused-ring (bicyclic) bond motifs is 5. The zero-order chi connectivity index (χ0) is 33.1. The fourth-order valence-corrected chi connectivity index (χ4v) is 4.95. The van der Waals surface area contributed by atoms with Gasteiger partial charge in [0.25, 0.3) is 0 Å². The van der Waals surface area contributed by atoms with Gasteiger partial charge < -0.3 is 59.5 Å². The van der Waals surface area contributed by atoms with Crippen molar-refractivity contribution in [1.29, 1.82) is 0 Å². The normalized spacial score (nSPS) is 20.1. The summed E-state index contributed by atoms with van der Waals surface area (Å²) in [7, 11) is 0. The third-order valence-corrected chi connectivity index (χ3v) is 7.51. The van der Waals surface area contributed by atoms with Crippen LogP contribution in [0.25, 0.3) is 11.1 Å². The fraction of sp³-hybridized carbons (Fsp3) is 0.467. The van der Waals surface area contributed by atoms with Crippen molar-refractivity contribution in [2.45, 2.75) is 62.4 Å². The van der Waals surface area contributed by atoms with Crippen LogP contribution in [-0.4, -0.2) is 95.4 Å². The maximum atomic E-state index is 13.7. The van der Waals surface area contributed by atoms with Gasteiger partial charge in [-0.15, -0.1) is 0 Å². The first-order valence-corrected chi connectivity index (χ1v) is 14.8. The molecule has 0 radical (unpaired) electrons. The first-order chi connectivity index (χ1) is 21.5. The second-order valence-corrected chi connectivity index (χ2v) is 11.0. The maximum Gasteiger partial charge on any atom is 0.243 e. The van der Waals surface area contributed by atoms with Crippen molar-refractivity contribution in [3.8, 4) is 22.6 Å². The molecule has 1 aliphatic rings. The Hall–Kier alpha value is -4.28. The minimum Gasteiger partial charge on any atom is -0.508 e. The molecule has 0 saturated carbocycles. The molecule has 2 aromatic carbocycles. The van der Waals surface area contributed by atoms with Crippen LogP contribution in [0, 0.1) is 0 Å². The number of aromatic hydroxyl groups is 2. The van der Waals surface area contributed by atoms with Gasteiger partial charge in [0, 0.05) is 38.9 Å². The third kappa shape index (κ3) is 9.86. The molecule has 246 valence electrons. The van der Waals surface area contributed by atoms with Gasteiger partial charge in [0.15, 0.2) is 0 Å². The van der Waals surface area contributed by atoms with Gasteiger partial charge >= 0.3 is 0 Å². The molecule has 1 aliphatic heterocycles. The molecule has 15 heteroatoms. The molecule has 1 heterocycles. The quantitative estimate of drug-likeness (QED) is 0.121. The number of nitrogens with one attached hydrogen (secondary N) is 4. The Balaban J connectivity index is 2.08. The van der Waals surface area contributed by atoms with Crippen molar-refractivity contribution in [1.82, 2.24) is 21.3 Å². The van der Waals surface area contributed by atoms with E-state index in [4.69, 9.17) is 22.9 Å². The minimum atomic E-state index is -1.36. The number of hydrogen-bond donors (Lipinski definition) is 11. The van der Waals surface area contributed by atoms with Gasteiger partial charge in [0.05, 0.1) is 12.1 Å². The molecular formula is C30H44N8O7. The molecule has 45 heavy (non-hydrogen) atoms. The molecule has 0 aromatic heterocycles. The van der Waals surface area contributed by atoms with Crippen LogP contribution in [-0.2, 0) is 32.0 Å². The summed E-state index contributed by atoms with van der Waals surface area (Å²) in [5.74, 6) is -3.03. The second kappa shape index (κ2) is 16.7. The SMILES string of the molecule is NCCC[C@H](NC(=O)[C@@H]1Cc2cc(ccc2O)-c2ccc(O)c(c2)C[C@H](N)C(=O)N[C@@H](C[C@@H](O)CN)C(=O)N1)C(=O)NCCN. The van der Waals surface area contributed by atoms with E-state index in [9.17, 15) is 34.5 Å². The predicted octanol–water partition coefficient (Wildman–Crippen LogP) is -2.83. The average molecular weight is 629 g/mol. The van der Waals surface area contributed by atoms with Gasteiger partial charge in [-0.2, -0.15) is 0 Å². The zero-order valence-electron chi connectivity index (χ0n) is 25.0. The lowest BCUT2D eigenvalue weighted by Crippen LogP contribution is -2.59. The van der Waals surface area contributed by atoms with Crippen molar-refractivity contribution >= 4 is 23.6 Å². The van der Waals surface area contributed by atoms with Crippen LogP contribution in [0.2, 0.25) is 0 Å². The van der Waals surface area contributed by atoms with Crippen LogP contribution < -0.4 is 44.2 Å². The fourth-order valence-electron chi connectivity index (χ4n) is 4.95. The molecule has 0 fully saturated rings. The van der Waals surface area contributed by atoms with Crippen molar-refractivity contribution in [3.63, 3.8) is 0 Å². The number of carbonyl (C=O) groups is 4. The molecular weight excluding hydrogens is 584 g/mol. The molecule has 4 bridgehead atoms. The van der Waals surface area contributed by atoms with Crippen LogP contribution in [0.5, 0.6) is 11.5 Å². The Labute approximate surface area is 261 Å². The maximum absolute atomic E-state index is 13.7. The van der Waals surface area contributed by atoms with E-state index in [1.807, 2.05) is 0 Å². The van der Waals surface area contributed by atoms with Gasteiger partial charge in [0.2, 0.25) is 23.6 Å². The summed E-state index contributed by atoms with van der Waals surface area (Å²) >= 11 is 0. The molecule has 0 spiro atoms. The van der Waals surface area contributed by atoms with E-state index in [1.54, 1.807) is 24.3 Å². The summed E-state index contributed by atoms with van der Waals surface area (Å²) in [4.78, 5) is 53.3. The van der Waals surface area contributed by atoms with Crippen molar-refractivity contribution < 1.29 is 34.5 Å². The standard InChI is InChI=1S/C30H44N8O7/c31-7-1-2-22(28(43)35-9-8-32)36-29(44)23-13-19-11-17(4-6-26(19)41)16-3-5-25(40)18(10-16)12-21(34)27(42)37-24(30(45)38-23)14-20(39)15-33/h3-6,10-11,20-24,39-41H,1-2,7-9,12-15,31-34H2,(H,35,43)(H,36,44)(H,37,42)(H,38,45)/t20-,21+,22+,23+,24+/m1/s1. The zero-order valence-corrected chi connectivity index (χ0v) is 25.0. The number of aliphatic hydroxyl groups excluding tert-OH is 1.